The van der Waals surface area contributed by atoms with Crippen LogP contribution in [0.4, 0.5) is 0 Å². The Morgan fingerprint density at radius 2 is 1.96 bits per heavy atom. The average Bonchev–Trinajstić information content (AvgIpc) is 3.17. The molecule has 0 spiro atoms. The fraction of sp³-hybridized carbons (Fsp3) is 0.421. The first-order valence-corrected chi connectivity index (χ1v) is 9.44. The van der Waals surface area contributed by atoms with E-state index in [4.69, 9.17) is 32.4 Å². The Morgan fingerprint density at radius 1 is 1.27 bits per heavy atom. The van der Waals surface area contributed by atoms with Crippen LogP contribution in [0.3, 0.4) is 0 Å². The zero-order valence-electron chi connectivity index (χ0n) is 14.6. The summed E-state index contributed by atoms with van der Waals surface area (Å²) in [5.41, 5.74) is 0.401. The number of rotatable bonds is 6. The summed E-state index contributed by atoms with van der Waals surface area (Å²) in [4.78, 5) is 14.9. The average molecular weight is 397 g/mol. The third-order valence-corrected chi connectivity index (χ3v) is 5.19. The van der Waals surface area contributed by atoms with Crippen LogP contribution in [-0.2, 0) is 0 Å². The molecule has 1 N–H and O–H groups in total. The molecule has 3 rings (SSSR count). The van der Waals surface area contributed by atoms with Gasteiger partial charge >= 0.3 is 0 Å². The van der Waals surface area contributed by atoms with E-state index in [2.05, 4.69) is 10.2 Å². The monoisotopic (exact) mass is 396 g/mol. The predicted octanol–water partition coefficient (Wildman–Crippen LogP) is 4.55. The van der Waals surface area contributed by atoms with Crippen molar-refractivity contribution in [2.45, 2.75) is 25.3 Å². The molecule has 5 nitrogen and oxygen atoms in total. The van der Waals surface area contributed by atoms with E-state index in [0.717, 1.165) is 31.7 Å². The maximum atomic E-state index is 12.6. The SMILES string of the molecule is COc1c(Cl)cc(C(=O)NCC(c2ccco2)N2CCCCC2)cc1Cl. The lowest BCUT2D eigenvalue weighted by molar-refractivity contribution is 0.0914. The molecule has 2 heterocycles. The lowest BCUT2D eigenvalue weighted by atomic mass is 10.1. The lowest BCUT2D eigenvalue weighted by Gasteiger charge is -2.33. The van der Waals surface area contributed by atoms with Crippen molar-refractivity contribution in [3.8, 4) is 5.75 Å². The topological polar surface area (TPSA) is 54.7 Å². The number of ether oxygens (including phenoxy) is 1. The lowest BCUT2D eigenvalue weighted by Crippen LogP contribution is -2.40. The molecule has 0 radical (unpaired) electrons. The van der Waals surface area contributed by atoms with Gasteiger partial charge in [0.2, 0.25) is 0 Å². The Balaban J connectivity index is 1.71. The number of halogens is 2. The van der Waals surface area contributed by atoms with E-state index in [-0.39, 0.29) is 11.9 Å². The van der Waals surface area contributed by atoms with E-state index in [1.54, 1.807) is 18.4 Å². The number of hydrogen-bond acceptors (Lipinski definition) is 4. The Kier molecular flexibility index (Phi) is 6.46. The molecular weight excluding hydrogens is 375 g/mol. The van der Waals surface area contributed by atoms with Crippen LogP contribution in [0, 0.1) is 0 Å². The highest BCUT2D eigenvalue weighted by Gasteiger charge is 2.25. The molecule has 26 heavy (non-hydrogen) atoms. The molecule has 1 aliphatic rings. The number of benzene rings is 1. The van der Waals surface area contributed by atoms with E-state index in [9.17, 15) is 4.79 Å². The summed E-state index contributed by atoms with van der Waals surface area (Å²) in [5.74, 6) is 0.995. The van der Waals surface area contributed by atoms with Crippen molar-refractivity contribution >= 4 is 29.1 Å². The zero-order chi connectivity index (χ0) is 18.5. The number of methoxy groups -OCH3 is 1. The van der Waals surface area contributed by atoms with Gasteiger partial charge < -0.3 is 14.5 Å². The molecular formula is C19H22Cl2N2O3. The van der Waals surface area contributed by atoms with Crippen LogP contribution in [0.25, 0.3) is 0 Å². The molecule has 0 bridgehead atoms. The molecule has 1 aromatic heterocycles. The molecule has 1 saturated heterocycles. The Hall–Kier alpha value is -1.69. The van der Waals surface area contributed by atoms with Gasteiger partial charge in [-0.15, -0.1) is 0 Å². The van der Waals surface area contributed by atoms with Gasteiger partial charge in [0.1, 0.15) is 5.76 Å². The molecule has 1 atom stereocenters. The molecule has 140 valence electrons. The second kappa shape index (κ2) is 8.80. The standard InChI is InChI=1S/C19H22Cl2N2O3/c1-25-18-14(20)10-13(11-15(18)21)19(24)22-12-16(17-6-5-9-26-17)23-7-3-2-4-8-23/h5-6,9-11,16H,2-4,7-8,12H2,1H3,(H,22,24). The highest BCUT2D eigenvalue weighted by Crippen LogP contribution is 2.34. The number of piperidine rings is 1. The van der Waals surface area contributed by atoms with Crippen molar-refractivity contribution in [2.75, 3.05) is 26.7 Å². The van der Waals surface area contributed by atoms with Crippen molar-refractivity contribution in [2.24, 2.45) is 0 Å². The number of nitrogens with zero attached hydrogens (tertiary/aromatic N) is 1. The van der Waals surface area contributed by atoms with Gasteiger partial charge in [-0.05, 0) is 50.2 Å². The van der Waals surface area contributed by atoms with Gasteiger partial charge in [-0.1, -0.05) is 29.6 Å². The smallest absolute Gasteiger partial charge is 0.251 e. The van der Waals surface area contributed by atoms with Crippen LogP contribution in [0.1, 0.15) is 41.4 Å². The summed E-state index contributed by atoms with van der Waals surface area (Å²) < 4.78 is 10.7. The van der Waals surface area contributed by atoms with Crippen molar-refractivity contribution in [1.29, 1.82) is 0 Å². The summed E-state index contributed by atoms with van der Waals surface area (Å²) in [6, 6.07) is 6.96. The number of nitrogens with one attached hydrogen (secondary N) is 1. The number of likely N-dealkylation sites (tertiary alicyclic amines) is 1. The molecule has 1 amide bonds. The summed E-state index contributed by atoms with van der Waals surface area (Å²) in [5, 5.41) is 3.60. The van der Waals surface area contributed by atoms with Crippen molar-refractivity contribution in [1.82, 2.24) is 10.2 Å². The summed E-state index contributed by atoms with van der Waals surface area (Å²) in [7, 11) is 1.49. The van der Waals surface area contributed by atoms with Crippen LogP contribution in [0.5, 0.6) is 5.75 Å². The largest absolute Gasteiger partial charge is 0.494 e. The van der Waals surface area contributed by atoms with Crippen LogP contribution >= 0.6 is 23.2 Å². The Morgan fingerprint density at radius 3 is 2.54 bits per heavy atom. The van der Waals surface area contributed by atoms with Crippen LogP contribution in [0.2, 0.25) is 10.0 Å². The number of furan rings is 1. The Bertz CT molecular complexity index is 720. The predicted molar refractivity (Wildman–Crippen MR) is 102 cm³/mol. The fourth-order valence-corrected chi connectivity index (χ4v) is 3.94. The van der Waals surface area contributed by atoms with E-state index in [1.807, 2.05) is 12.1 Å². The molecule has 1 aromatic carbocycles. The first-order valence-electron chi connectivity index (χ1n) is 8.69. The van der Waals surface area contributed by atoms with Gasteiger partial charge in [0, 0.05) is 12.1 Å². The maximum absolute atomic E-state index is 12.6. The summed E-state index contributed by atoms with van der Waals surface area (Å²) in [6.07, 6.45) is 5.23. The van der Waals surface area contributed by atoms with Gasteiger partial charge in [-0.2, -0.15) is 0 Å². The second-order valence-electron chi connectivity index (χ2n) is 6.31. The normalized spacial score (nSPS) is 16.3. The summed E-state index contributed by atoms with van der Waals surface area (Å²) >= 11 is 12.3. The zero-order valence-corrected chi connectivity index (χ0v) is 16.1. The van der Waals surface area contributed by atoms with Gasteiger partial charge in [0.25, 0.3) is 5.91 Å². The van der Waals surface area contributed by atoms with E-state index in [0.29, 0.717) is 27.9 Å². The van der Waals surface area contributed by atoms with Gasteiger partial charge in [0.05, 0.1) is 29.5 Å². The summed E-state index contributed by atoms with van der Waals surface area (Å²) in [6.45, 7) is 2.45. The van der Waals surface area contributed by atoms with Crippen LogP contribution < -0.4 is 10.1 Å². The maximum Gasteiger partial charge on any atom is 0.251 e. The quantitative estimate of drug-likeness (QED) is 0.777. The minimum atomic E-state index is -0.231. The highest BCUT2D eigenvalue weighted by molar-refractivity contribution is 6.37. The second-order valence-corrected chi connectivity index (χ2v) is 7.13. The van der Waals surface area contributed by atoms with Crippen molar-refractivity contribution in [3.05, 3.63) is 51.9 Å². The number of hydrogen-bond donors (Lipinski definition) is 1. The van der Waals surface area contributed by atoms with Crippen molar-refractivity contribution in [3.63, 3.8) is 0 Å². The molecule has 7 heteroatoms. The Labute approximate surface area is 163 Å². The molecule has 1 fully saturated rings. The van der Waals surface area contributed by atoms with Gasteiger partial charge in [-0.3, -0.25) is 9.69 Å². The van der Waals surface area contributed by atoms with Crippen LogP contribution in [-0.4, -0.2) is 37.6 Å². The van der Waals surface area contributed by atoms with Gasteiger partial charge in [0.15, 0.2) is 5.75 Å². The molecule has 1 unspecified atom stereocenters. The minimum Gasteiger partial charge on any atom is -0.494 e. The van der Waals surface area contributed by atoms with Crippen molar-refractivity contribution < 1.29 is 13.9 Å². The number of carbonyl (C=O) groups is 1. The van der Waals surface area contributed by atoms with E-state index in [1.165, 1.54) is 13.5 Å². The number of carbonyl (C=O) groups excluding carboxylic acids is 1. The first-order chi connectivity index (χ1) is 12.6. The molecule has 0 aliphatic carbocycles. The molecule has 2 aromatic rings. The fourth-order valence-electron chi connectivity index (χ4n) is 3.30. The van der Waals surface area contributed by atoms with E-state index >= 15 is 0 Å². The minimum absolute atomic E-state index is 0.0124. The molecule has 1 aliphatic heterocycles. The van der Waals surface area contributed by atoms with Gasteiger partial charge in [-0.25, -0.2) is 0 Å². The number of amides is 1. The van der Waals surface area contributed by atoms with Crippen LogP contribution in [0.15, 0.2) is 34.9 Å². The molecule has 0 saturated carbocycles. The van der Waals surface area contributed by atoms with E-state index < -0.39 is 0 Å². The third-order valence-electron chi connectivity index (χ3n) is 4.62. The first kappa shape index (κ1) is 19.1. The third kappa shape index (κ3) is 4.34. The highest BCUT2D eigenvalue weighted by atomic mass is 35.5.